The standard InChI is InChI=1S/C13H21N/c1-10(2)11-6-7-14-12(8-11)9-13(3,4)5/h6-8,10H,9H2,1-5H3. The summed E-state index contributed by atoms with van der Waals surface area (Å²) in [6.45, 7) is 11.2. The van der Waals surface area contributed by atoms with E-state index < -0.39 is 0 Å². The summed E-state index contributed by atoms with van der Waals surface area (Å²) in [6.07, 6.45) is 2.98. The molecule has 1 nitrogen and oxygen atoms in total. The van der Waals surface area contributed by atoms with Gasteiger partial charge in [0.25, 0.3) is 0 Å². The highest BCUT2D eigenvalue weighted by Gasteiger charge is 2.12. The van der Waals surface area contributed by atoms with Gasteiger partial charge in [0, 0.05) is 11.9 Å². The van der Waals surface area contributed by atoms with Gasteiger partial charge in [-0.05, 0) is 35.4 Å². The Labute approximate surface area is 87.6 Å². The molecule has 1 aromatic rings. The molecule has 0 atom stereocenters. The molecule has 0 aromatic carbocycles. The van der Waals surface area contributed by atoms with Crippen LogP contribution in [0.5, 0.6) is 0 Å². The summed E-state index contributed by atoms with van der Waals surface area (Å²) in [5, 5.41) is 0. The van der Waals surface area contributed by atoms with Crippen LogP contribution in [0.4, 0.5) is 0 Å². The molecule has 0 amide bonds. The van der Waals surface area contributed by atoms with E-state index in [2.05, 4.69) is 51.7 Å². The number of hydrogen-bond donors (Lipinski definition) is 0. The molecular weight excluding hydrogens is 170 g/mol. The van der Waals surface area contributed by atoms with Crippen LogP contribution in [0.25, 0.3) is 0 Å². The molecule has 1 rings (SSSR count). The van der Waals surface area contributed by atoms with E-state index in [-0.39, 0.29) is 0 Å². The SMILES string of the molecule is CC(C)c1ccnc(CC(C)(C)C)c1. The molecule has 1 heterocycles. The lowest BCUT2D eigenvalue weighted by molar-refractivity contribution is 0.406. The predicted octanol–water partition coefficient (Wildman–Crippen LogP) is 3.79. The third-order valence-electron chi connectivity index (χ3n) is 2.22. The first-order valence-electron chi connectivity index (χ1n) is 5.33. The molecule has 0 saturated heterocycles. The minimum absolute atomic E-state index is 0.322. The van der Waals surface area contributed by atoms with Crippen molar-refractivity contribution in [1.82, 2.24) is 4.98 Å². The van der Waals surface area contributed by atoms with Crippen molar-refractivity contribution in [3.8, 4) is 0 Å². The Bertz CT molecular complexity index is 294. The maximum absolute atomic E-state index is 4.41. The fourth-order valence-electron chi connectivity index (χ4n) is 1.50. The summed E-state index contributed by atoms with van der Waals surface area (Å²) in [7, 11) is 0. The van der Waals surface area contributed by atoms with E-state index in [1.54, 1.807) is 0 Å². The van der Waals surface area contributed by atoms with Crippen molar-refractivity contribution in [2.45, 2.75) is 47.0 Å². The molecule has 0 aliphatic heterocycles. The predicted molar refractivity (Wildman–Crippen MR) is 61.5 cm³/mol. The van der Waals surface area contributed by atoms with Crippen molar-refractivity contribution in [2.75, 3.05) is 0 Å². The number of rotatable bonds is 2. The summed E-state index contributed by atoms with van der Waals surface area (Å²) in [5.74, 6) is 0.594. The molecule has 1 aromatic heterocycles. The maximum atomic E-state index is 4.41. The Morgan fingerprint density at radius 1 is 1.29 bits per heavy atom. The van der Waals surface area contributed by atoms with Crippen LogP contribution >= 0.6 is 0 Å². The van der Waals surface area contributed by atoms with Crippen molar-refractivity contribution in [1.29, 1.82) is 0 Å². The van der Waals surface area contributed by atoms with Gasteiger partial charge in [0.15, 0.2) is 0 Å². The van der Waals surface area contributed by atoms with Gasteiger partial charge >= 0.3 is 0 Å². The van der Waals surface area contributed by atoms with Gasteiger partial charge < -0.3 is 0 Å². The zero-order valence-electron chi connectivity index (χ0n) is 9.96. The van der Waals surface area contributed by atoms with Crippen molar-refractivity contribution in [2.24, 2.45) is 5.41 Å². The van der Waals surface area contributed by atoms with Gasteiger partial charge in [-0.1, -0.05) is 34.6 Å². The van der Waals surface area contributed by atoms with Crippen LogP contribution in [-0.2, 0) is 6.42 Å². The molecule has 0 fully saturated rings. The number of pyridine rings is 1. The molecule has 0 spiro atoms. The quantitative estimate of drug-likeness (QED) is 0.693. The normalized spacial score (nSPS) is 12.1. The second-order valence-corrected chi connectivity index (χ2v) is 5.47. The fraction of sp³-hybridized carbons (Fsp3) is 0.615. The van der Waals surface area contributed by atoms with Crippen molar-refractivity contribution in [3.05, 3.63) is 29.6 Å². The van der Waals surface area contributed by atoms with Crippen LogP contribution in [0, 0.1) is 5.41 Å². The van der Waals surface area contributed by atoms with Gasteiger partial charge in [-0.2, -0.15) is 0 Å². The third-order valence-corrected chi connectivity index (χ3v) is 2.22. The lowest BCUT2D eigenvalue weighted by Gasteiger charge is -2.18. The highest BCUT2D eigenvalue weighted by molar-refractivity contribution is 5.20. The van der Waals surface area contributed by atoms with Crippen LogP contribution in [-0.4, -0.2) is 4.98 Å². The number of hydrogen-bond acceptors (Lipinski definition) is 1. The Balaban J connectivity index is 2.84. The van der Waals surface area contributed by atoms with E-state index in [1.807, 2.05) is 6.20 Å². The smallest absolute Gasteiger partial charge is 0.0411 e. The highest BCUT2D eigenvalue weighted by atomic mass is 14.7. The Hall–Kier alpha value is -0.850. The molecule has 78 valence electrons. The van der Waals surface area contributed by atoms with Crippen molar-refractivity contribution >= 4 is 0 Å². The van der Waals surface area contributed by atoms with Gasteiger partial charge in [-0.25, -0.2) is 0 Å². The minimum Gasteiger partial charge on any atom is -0.261 e. The van der Waals surface area contributed by atoms with Gasteiger partial charge in [0.2, 0.25) is 0 Å². The van der Waals surface area contributed by atoms with Gasteiger partial charge in [0.05, 0.1) is 0 Å². The highest BCUT2D eigenvalue weighted by Crippen LogP contribution is 2.21. The Kier molecular flexibility index (Phi) is 3.30. The maximum Gasteiger partial charge on any atom is 0.0411 e. The van der Waals surface area contributed by atoms with Crippen LogP contribution in [0.1, 0.15) is 51.8 Å². The van der Waals surface area contributed by atoms with E-state index in [0.717, 1.165) is 6.42 Å². The average Bonchev–Trinajstić information content (AvgIpc) is 2.01. The first-order valence-corrected chi connectivity index (χ1v) is 5.33. The van der Waals surface area contributed by atoms with Crippen molar-refractivity contribution < 1.29 is 0 Å². The molecular formula is C13H21N. The summed E-state index contributed by atoms with van der Waals surface area (Å²) in [5.41, 5.74) is 2.92. The second-order valence-electron chi connectivity index (χ2n) is 5.47. The first kappa shape index (κ1) is 11.2. The average molecular weight is 191 g/mol. The molecule has 0 aliphatic rings. The zero-order valence-corrected chi connectivity index (χ0v) is 9.96. The molecule has 0 N–H and O–H groups in total. The van der Waals surface area contributed by atoms with Gasteiger partial charge in [0.1, 0.15) is 0 Å². The van der Waals surface area contributed by atoms with E-state index in [4.69, 9.17) is 0 Å². The minimum atomic E-state index is 0.322. The summed E-state index contributed by atoms with van der Waals surface area (Å²) in [6, 6.07) is 4.34. The van der Waals surface area contributed by atoms with E-state index >= 15 is 0 Å². The Morgan fingerprint density at radius 3 is 2.43 bits per heavy atom. The number of aromatic nitrogens is 1. The van der Waals surface area contributed by atoms with Crippen LogP contribution < -0.4 is 0 Å². The molecule has 0 radical (unpaired) electrons. The first-order chi connectivity index (χ1) is 6.38. The second kappa shape index (κ2) is 4.12. The molecule has 0 bridgehead atoms. The molecule has 0 saturated carbocycles. The van der Waals surface area contributed by atoms with Crippen LogP contribution in [0.3, 0.4) is 0 Å². The lowest BCUT2D eigenvalue weighted by atomic mass is 9.89. The van der Waals surface area contributed by atoms with Crippen LogP contribution in [0.15, 0.2) is 18.3 Å². The van der Waals surface area contributed by atoms with Crippen LogP contribution in [0.2, 0.25) is 0 Å². The monoisotopic (exact) mass is 191 g/mol. The van der Waals surface area contributed by atoms with Gasteiger partial charge in [-0.3, -0.25) is 4.98 Å². The van der Waals surface area contributed by atoms with E-state index in [9.17, 15) is 0 Å². The number of nitrogens with zero attached hydrogens (tertiary/aromatic N) is 1. The summed E-state index contributed by atoms with van der Waals surface area (Å²) < 4.78 is 0. The topological polar surface area (TPSA) is 12.9 Å². The lowest BCUT2D eigenvalue weighted by Crippen LogP contribution is -2.10. The molecule has 1 heteroatoms. The summed E-state index contributed by atoms with van der Waals surface area (Å²) in [4.78, 5) is 4.41. The van der Waals surface area contributed by atoms with E-state index in [1.165, 1.54) is 11.3 Å². The largest absolute Gasteiger partial charge is 0.261 e. The van der Waals surface area contributed by atoms with Gasteiger partial charge in [-0.15, -0.1) is 0 Å². The third kappa shape index (κ3) is 3.49. The zero-order chi connectivity index (χ0) is 10.8. The molecule has 0 unspecified atom stereocenters. The van der Waals surface area contributed by atoms with Crippen molar-refractivity contribution in [3.63, 3.8) is 0 Å². The Morgan fingerprint density at radius 2 is 1.93 bits per heavy atom. The molecule has 14 heavy (non-hydrogen) atoms. The van der Waals surface area contributed by atoms with E-state index in [0.29, 0.717) is 11.3 Å². The molecule has 0 aliphatic carbocycles. The summed E-state index contributed by atoms with van der Waals surface area (Å²) >= 11 is 0. The fourth-order valence-corrected chi connectivity index (χ4v) is 1.50.